The van der Waals surface area contributed by atoms with Gasteiger partial charge in [-0.05, 0) is 51.5 Å². The molecule has 0 radical (unpaired) electrons. The van der Waals surface area contributed by atoms with E-state index in [0.717, 1.165) is 12.0 Å². The monoisotopic (exact) mass is 560 g/mol. The van der Waals surface area contributed by atoms with Gasteiger partial charge in [0, 0.05) is 57.4 Å². The van der Waals surface area contributed by atoms with E-state index in [1.807, 2.05) is 50.8 Å². The number of hydrogen-bond donors (Lipinski definition) is 0. The Hall–Kier alpha value is -2.86. The molecule has 0 spiro atoms. The van der Waals surface area contributed by atoms with Gasteiger partial charge in [0.25, 0.3) is 0 Å². The number of methoxy groups -OCH3 is 1. The number of halogens is 2. The third-order valence-electron chi connectivity index (χ3n) is 6.84. The molecule has 10 heteroatoms. The smallest absolute Gasteiger partial charge is 0.229 e. The highest BCUT2D eigenvalue weighted by Crippen LogP contribution is 2.39. The number of benzene rings is 1. The third kappa shape index (κ3) is 7.59. The van der Waals surface area contributed by atoms with E-state index in [4.69, 9.17) is 37.9 Å². The second-order valence-corrected chi connectivity index (χ2v) is 11.4. The molecule has 2 saturated heterocycles. The van der Waals surface area contributed by atoms with Crippen LogP contribution in [0.1, 0.15) is 44.7 Å². The Bertz CT molecular complexity index is 1160. The summed E-state index contributed by atoms with van der Waals surface area (Å²) in [5.41, 5.74) is 1.49. The number of hydrogen-bond acceptors (Lipinski definition) is 6. The van der Waals surface area contributed by atoms with E-state index in [-0.39, 0.29) is 35.4 Å². The van der Waals surface area contributed by atoms with E-state index >= 15 is 0 Å². The summed E-state index contributed by atoms with van der Waals surface area (Å²) in [6.07, 6.45) is 1.99. The summed E-state index contributed by atoms with van der Waals surface area (Å²) >= 11 is 12.4. The van der Waals surface area contributed by atoms with E-state index in [0.29, 0.717) is 47.7 Å². The van der Waals surface area contributed by atoms with E-state index in [9.17, 15) is 9.59 Å². The number of amides is 2. The maximum Gasteiger partial charge on any atom is 0.229 e. The highest BCUT2D eigenvalue weighted by Gasteiger charge is 2.44. The van der Waals surface area contributed by atoms with E-state index < -0.39 is 0 Å². The molecule has 0 aliphatic carbocycles. The molecule has 8 nitrogen and oxygen atoms in total. The highest BCUT2D eigenvalue weighted by molar-refractivity contribution is 6.42. The fourth-order valence-corrected chi connectivity index (χ4v) is 4.69. The van der Waals surface area contributed by atoms with Crippen LogP contribution in [0.2, 0.25) is 10.0 Å². The van der Waals surface area contributed by atoms with Crippen molar-refractivity contribution in [2.75, 3.05) is 33.3 Å². The third-order valence-corrected chi connectivity index (χ3v) is 7.58. The van der Waals surface area contributed by atoms with Gasteiger partial charge in [-0.15, -0.1) is 0 Å². The molecule has 3 heterocycles. The van der Waals surface area contributed by atoms with Crippen molar-refractivity contribution in [2.24, 2.45) is 11.8 Å². The fraction of sp³-hybridized carbons (Fsp3) is 0.500. The normalized spacial score (nSPS) is 20.1. The van der Waals surface area contributed by atoms with Crippen LogP contribution in [0.25, 0.3) is 0 Å². The zero-order valence-electron chi connectivity index (χ0n) is 22.4. The number of rotatable bonds is 6. The van der Waals surface area contributed by atoms with Crippen LogP contribution in [-0.2, 0) is 14.3 Å². The zero-order valence-corrected chi connectivity index (χ0v) is 23.9. The lowest BCUT2D eigenvalue weighted by Gasteiger charge is -2.37. The topological polar surface area (TPSA) is 95.8 Å². The molecule has 1 aromatic carbocycles. The maximum absolute atomic E-state index is 13.0. The first-order chi connectivity index (χ1) is 17.9. The van der Waals surface area contributed by atoms with Gasteiger partial charge < -0.3 is 19.3 Å². The first-order valence-electron chi connectivity index (χ1n) is 12.5. The van der Waals surface area contributed by atoms with Crippen molar-refractivity contribution < 1.29 is 19.1 Å². The quantitative estimate of drug-likeness (QED) is 0.471. The molecule has 0 N–H and O–H groups in total. The van der Waals surface area contributed by atoms with Crippen molar-refractivity contribution in [3.8, 4) is 11.9 Å². The van der Waals surface area contributed by atoms with Gasteiger partial charge in [-0.3, -0.25) is 9.59 Å². The summed E-state index contributed by atoms with van der Waals surface area (Å²) in [7, 11) is 1.71. The maximum atomic E-state index is 13.0. The lowest BCUT2D eigenvalue weighted by molar-refractivity contribution is -0.143. The predicted octanol–water partition coefficient (Wildman–Crippen LogP) is 4.79. The number of nitriles is 1. The molecule has 2 aliphatic heterocycles. The van der Waals surface area contributed by atoms with Crippen molar-refractivity contribution >= 4 is 35.5 Å². The Balaban J connectivity index is 0.000000599. The molecular weight excluding hydrogens is 527 g/mol. The van der Waals surface area contributed by atoms with Crippen LogP contribution in [0.4, 0.5) is 0 Å². The minimum atomic E-state index is -0.249. The first kappa shape index (κ1) is 29.7. The summed E-state index contributed by atoms with van der Waals surface area (Å²) < 4.78 is 11.0. The van der Waals surface area contributed by atoms with Crippen LogP contribution >= 0.6 is 23.2 Å². The average Bonchev–Trinajstić information content (AvgIpc) is 3.31. The molecule has 3 atom stereocenters. The molecule has 38 heavy (non-hydrogen) atoms. The second-order valence-electron chi connectivity index (χ2n) is 10.6. The number of ether oxygens (including phenoxy) is 2. The van der Waals surface area contributed by atoms with Crippen molar-refractivity contribution in [2.45, 2.75) is 45.3 Å². The van der Waals surface area contributed by atoms with E-state index in [1.54, 1.807) is 30.2 Å². The average molecular weight is 562 g/mol. The van der Waals surface area contributed by atoms with Crippen LogP contribution in [0.3, 0.4) is 0 Å². The minimum Gasteiger partial charge on any atom is -0.474 e. The number of nitrogens with zero attached hydrogens (tertiary/aromatic N) is 4. The molecule has 1 unspecified atom stereocenters. The molecule has 2 aliphatic rings. The molecule has 2 amide bonds. The Morgan fingerprint density at radius 3 is 2.37 bits per heavy atom. The van der Waals surface area contributed by atoms with Gasteiger partial charge >= 0.3 is 0 Å². The number of aromatic nitrogens is 1. The highest BCUT2D eigenvalue weighted by atomic mass is 35.5. The number of carbonyl (C=O) groups is 2. The summed E-state index contributed by atoms with van der Waals surface area (Å²) in [4.78, 5) is 31.6. The summed E-state index contributed by atoms with van der Waals surface area (Å²) in [5, 5.41) is 9.91. The molecule has 2 aromatic rings. The Morgan fingerprint density at radius 1 is 1.16 bits per heavy atom. The van der Waals surface area contributed by atoms with Gasteiger partial charge in [-0.2, -0.15) is 5.26 Å². The van der Waals surface area contributed by atoms with Gasteiger partial charge in [0.2, 0.25) is 18.2 Å². The minimum absolute atomic E-state index is 0.00381. The summed E-state index contributed by atoms with van der Waals surface area (Å²) in [5.74, 6) is 0.319. The predicted molar refractivity (Wildman–Crippen MR) is 146 cm³/mol. The fourth-order valence-electron chi connectivity index (χ4n) is 4.39. The van der Waals surface area contributed by atoms with E-state index in [1.165, 1.54) is 6.20 Å². The van der Waals surface area contributed by atoms with Gasteiger partial charge in [-0.25, -0.2) is 4.98 Å². The summed E-state index contributed by atoms with van der Waals surface area (Å²) in [6, 6.07) is 10.9. The molecular formula is C28H34Cl2N4O4. The Kier molecular flexibility index (Phi) is 10.00. The molecule has 204 valence electrons. The van der Waals surface area contributed by atoms with E-state index in [2.05, 4.69) is 4.98 Å². The molecule has 1 aromatic heterocycles. The van der Waals surface area contributed by atoms with Crippen molar-refractivity contribution in [1.82, 2.24) is 14.8 Å². The van der Waals surface area contributed by atoms with Crippen LogP contribution in [0.15, 0.2) is 36.5 Å². The summed E-state index contributed by atoms with van der Waals surface area (Å²) in [6.45, 7) is 10.0. The lowest BCUT2D eigenvalue weighted by Crippen LogP contribution is -2.53. The number of pyridine rings is 1. The van der Waals surface area contributed by atoms with Crippen LogP contribution in [0.5, 0.6) is 5.88 Å². The van der Waals surface area contributed by atoms with Crippen molar-refractivity contribution in [3.63, 3.8) is 0 Å². The van der Waals surface area contributed by atoms with Gasteiger partial charge in [0.15, 0.2) is 0 Å². The zero-order chi connectivity index (χ0) is 28.0. The largest absolute Gasteiger partial charge is 0.474 e. The van der Waals surface area contributed by atoms with Gasteiger partial charge in [0.05, 0.1) is 27.1 Å². The van der Waals surface area contributed by atoms with Crippen molar-refractivity contribution in [1.29, 1.82) is 5.26 Å². The molecule has 0 saturated carbocycles. The molecule has 2 fully saturated rings. The Labute approximate surface area is 234 Å². The first-order valence-corrected chi connectivity index (χ1v) is 13.2. The standard InChI is InChI=1S/C23H22Cl2N4O3.C5H12O/c1-14(32-22-5-2-15(7-26)8-27-22)18-11-29(23(31)17-9-28(10-17)13-30)12-19(18)16-3-4-20(24)21(25)6-16;1-5(2,3)6-4/h2-6,8,13-14,17-19H,9-12H2,1H3;1-4H3/t14-,18?,19+;/m0./s1. The number of likely N-dealkylation sites (tertiary alicyclic amines) is 2. The van der Waals surface area contributed by atoms with Gasteiger partial charge in [-0.1, -0.05) is 29.3 Å². The second kappa shape index (κ2) is 12.8. The van der Waals surface area contributed by atoms with Gasteiger partial charge in [0.1, 0.15) is 12.2 Å². The van der Waals surface area contributed by atoms with Crippen LogP contribution < -0.4 is 4.74 Å². The SMILES string of the molecule is COC(C)(C)C.C[C@H](Oc1ccc(C#N)cn1)C1CN(C(=O)C2CN(C=O)C2)C[C@@H]1c1ccc(Cl)c(Cl)c1. The van der Waals surface area contributed by atoms with Crippen molar-refractivity contribution in [3.05, 3.63) is 57.7 Å². The molecule has 4 rings (SSSR count). The van der Waals surface area contributed by atoms with Crippen LogP contribution in [0, 0.1) is 23.2 Å². The molecule has 0 bridgehead atoms. The van der Waals surface area contributed by atoms with Crippen LogP contribution in [-0.4, -0.2) is 72.1 Å². The number of carbonyl (C=O) groups excluding carboxylic acids is 2. The lowest BCUT2D eigenvalue weighted by atomic mass is 9.86. The Morgan fingerprint density at radius 2 is 1.84 bits per heavy atom.